The van der Waals surface area contributed by atoms with Gasteiger partial charge in [0.1, 0.15) is 5.60 Å². The number of ether oxygens (including phenoxy) is 1. The predicted octanol–water partition coefficient (Wildman–Crippen LogP) is 3.62. The Morgan fingerprint density at radius 3 is 2.42 bits per heavy atom. The Hall–Kier alpha value is -0.610. The molecule has 0 aromatic rings. The molecule has 2 atom stereocenters. The summed E-state index contributed by atoms with van der Waals surface area (Å²) < 4.78 is 5.11. The minimum atomic E-state index is -0.583. The van der Waals surface area contributed by atoms with Crippen molar-refractivity contribution < 1.29 is 14.6 Å². The summed E-state index contributed by atoms with van der Waals surface area (Å²) in [6.45, 7) is 15.2. The van der Waals surface area contributed by atoms with Gasteiger partial charge in [-0.05, 0) is 56.8 Å². The van der Waals surface area contributed by atoms with Crippen LogP contribution < -0.4 is 0 Å². The first-order valence-electron chi connectivity index (χ1n) is 9.51. The summed E-state index contributed by atoms with van der Waals surface area (Å²) in [6.07, 6.45) is 4.60. The van der Waals surface area contributed by atoms with Gasteiger partial charge in [-0.25, -0.2) is 0 Å². The lowest BCUT2D eigenvalue weighted by atomic mass is 9.81. The van der Waals surface area contributed by atoms with Gasteiger partial charge in [0.05, 0.1) is 13.2 Å². The third-order valence-corrected chi connectivity index (χ3v) is 5.48. The number of rotatable bonds is 7. The summed E-state index contributed by atoms with van der Waals surface area (Å²) in [6, 6.07) is 0. The minimum absolute atomic E-state index is 0.0776. The molecule has 1 N–H and O–H groups in total. The fraction of sp³-hybridized carbons (Fsp3) is 0.950. The Bertz CT molecular complexity index is 448. The second-order valence-corrected chi connectivity index (χ2v) is 10.2. The second-order valence-electron chi connectivity index (χ2n) is 10.2. The molecule has 0 aliphatic carbocycles. The van der Waals surface area contributed by atoms with E-state index in [0.717, 1.165) is 32.2 Å². The zero-order chi connectivity index (χ0) is 18.2. The highest BCUT2D eigenvalue weighted by atomic mass is 16.5. The number of amides is 1. The van der Waals surface area contributed by atoms with Crippen LogP contribution in [0, 0.1) is 17.3 Å². The van der Waals surface area contributed by atoms with Crippen LogP contribution in [0.2, 0.25) is 0 Å². The summed E-state index contributed by atoms with van der Waals surface area (Å²) in [5, 5.41) is 10.1. The van der Waals surface area contributed by atoms with E-state index in [1.54, 1.807) is 0 Å². The number of nitrogens with zero attached hydrogens (tertiary/aromatic N) is 1. The number of carbonyl (C=O) groups excluding carboxylic acids is 1. The number of hydrogen-bond donors (Lipinski definition) is 1. The molecule has 0 spiro atoms. The molecule has 0 aromatic heterocycles. The van der Waals surface area contributed by atoms with Gasteiger partial charge in [0.15, 0.2) is 0 Å². The maximum Gasteiger partial charge on any atom is 0.223 e. The van der Waals surface area contributed by atoms with Gasteiger partial charge in [-0.2, -0.15) is 0 Å². The minimum Gasteiger partial charge on any atom is -0.385 e. The Balaban J connectivity index is 1.82. The van der Waals surface area contributed by atoms with Crippen LogP contribution in [0.3, 0.4) is 0 Å². The van der Waals surface area contributed by atoms with Crippen molar-refractivity contribution in [3.8, 4) is 0 Å². The zero-order valence-electron chi connectivity index (χ0n) is 16.5. The van der Waals surface area contributed by atoms with Crippen LogP contribution in [0.4, 0.5) is 0 Å². The van der Waals surface area contributed by atoms with E-state index in [1.807, 2.05) is 0 Å². The van der Waals surface area contributed by atoms with E-state index in [2.05, 4.69) is 46.4 Å². The standard InChI is InChI=1S/C20H37NO3/c1-15(7-8-20(23)13-24-14-20)9-16-10-17(22)21(11-16)19(5,6)12-18(2,3)4/h15-16,23H,7-14H2,1-6H3/t15-,16?/m1/s1. The van der Waals surface area contributed by atoms with Crippen molar-refractivity contribution in [3.05, 3.63) is 0 Å². The van der Waals surface area contributed by atoms with Gasteiger partial charge in [-0.15, -0.1) is 0 Å². The summed E-state index contributed by atoms with van der Waals surface area (Å²) in [5.74, 6) is 1.31. The van der Waals surface area contributed by atoms with Crippen molar-refractivity contribution in [2.45, 2.75) is 84.8 Å². The van der Waals surface area contributed by atoms with E-state index < -0.39 is 5.60 Å². The smallest absolute Gasteiger partial charge is 0.223 e. The average molecular weight is 340 g/mol. The number of likely N-dealkylation sites (tertiary alicyclic amines) is 1. The van der Waals surface area contributed by atoms with Crippen molar-refractivity contribution in [2.24, 2.45) is 17.3 Å². The van der Waals surface area contributed by atoms with E-state index >= 15 is 0 Å². The highest BCUT2D eigenvalue weighted by Gasteiger charge is 2.41. The Kier molecular flexibility index (Phi) is 5.71. The zero-order valence-corrected chi connectivity index (χ0v) is 16.5. The molecular formula is C20H37NO3. The predicted molar refractivity (Wildman–Crippen MR) is 96.8 cm³/mol. The normalized spacial score (nSPS) is 25.7. The topological polar surface area (TPSA) is 49.8 Å². The van der Waals surface area contributed by atoms with E-state index in [4.69, 9.17) is 4.74 Å². The van der Waals surface area contributed by atoms with Gasteiger partial charge in [-0.1, -0.05) is 27.7 Å². The van der Waals surface area contributed by atoms with Gasteiger partial charge in [0, 0.05) is 18.5 Å². The second kappa shape index (κ2) is 6.95. The number of hydrogen-bond acceptors (Lipinski definition) is 3. The fourth-order valence-corrected chi connectivity index (χ4v) is 4.60. The molecule has 2 aliphatic heterocycles. The molecule has 2 rings (SSSR count). The molecule has 0 radical (unpaired) electrons. The molecule has 0 bridgehead atoms. The highest BCUT2D eigenvalue weighted by molar-refractivity contribution is 5.79. The van der Waals surface area contributed by atoms with Crippen LogP contribution in [-0.2, 0) is 9.53 Å². The molecule has 2 saturated heterocycles. The molecule has 0 aromatic carbocycles. The van der Waals surface area contributed by atoms with Crippen molar-refractivity contribution in [1.82, 2.24) is 4.90 Å². The Morgan fingerprint density at radius 1 is 1.29 bits per heavy atom. The van der Waals surface area contributed by atoms with E-state index in [0.29, 0.717) is 37.4 Å². The van der Waals surface area contributed by atoms with Gasteiger partial charge < -0.3 is 14.7 Å². The lowest BCUT2D eigenvalue weighted by molar-refractivity contribution is -0.182. The fourth-order valence-electron chi connectivity index (χ4n) is 4.60. The van der Waals surface area contributed by atoms with Gasteiger partial charge in [0.2, 0.25) is 5.91 Å². The maximum absolute atomic E-state index is 12.5. The highest BCUT2D eigenvalue weighted by Crippen LogP contribution is 2.37. The molecule has 4 heteroatoms. The average Bonchev–Trinajstić information content (AvgIpc) is 2.73. The van der Waals surface area contributed by atoms with Crippen molar-refractivity contribution in [1.29, 1.82) is 0 Å². The van der Waals surface area contributed by atoms with Crippen molar-refractivity contribution in [3.63, 3.8) is 0 Å². The van der Waals surface area contributed by atoms with Gasteiger partial charge in [-0.3, -0.25) is 4.79 Å². The maximum atomic E-state index is 12.5. The molecule has 24 heavy (non-hydrogen) atoms. The molecule has 1 unspecified atom stereocenters. The SMILES string of the molecule is C[C@H](CCC1(O)COC1)CC1CC(=O)N(C(C)(C)CC(C)(C)C)C1. The quantitative estimate of drug-likeness (QED) is 0.771. The lowest BCUT2D eigenvalue weighted by Gasteiger charge is -2.40. The van der Waals surface area contributed by atoms with E-state index in [-0.39, 0.29) is 11.0 Å². The van der Waals surface area contributed by atoms with Crippen LogP contribution >= 0.6 is 0 Å². The summed E-state index contributed by atoms with van der Waals surface area (Å²) in [5.41, 5.74) is -0.443. The van der Waals surface area contributed by atoms with Crippen LogP contribution in [-0.4, -0.2) is 46.8 Å². The molecule has 0 saturated carbocycles. The first-order chi connectivity index (χ1) is 10.9. The molecule has 2 aliphatic rings. The van der Waals surface area contributed by atoms with Crippen LogP contribution in [0.15, 0.2) is 0 Å². The largest absolute Gasteiger partial charge is 0.385 e. The molecule has 2 fully saturated rings. The third kappa shape index (κ3) is 5.19. The van der Waals surface area contributed by atoms with E-state index in [9.17, 15) is 9.90 Å². The van der Waals surface area contributed by atoms with Crippen LogP contribution in [0.1, 0.15) is 73.6 Å². The van der Waals surface area contributed by atoms with Crippen LogP contribution in [0.25, 0.3) is 0 Å². The monoisotopic (exact) mass is 339 g/mol. The van der Waals surface area contributed by atoms with Crippen molar-refractivity contribution in [2.75, 3.05) is 19.8 Å². The van der Waals surface area contributed by atoms with Gasteiger partial charge in [0.25, 0.3) is 0 Å². The molecule has 4 nitrogen and oxygen atoms in total. The first-order valence-corrected chi connectivity index (χ1v) is 9.51. The third-order valence-electron chi connectivity index (χ3n) is 5.48. The Labute approximate surface area is 147 Å². The summed E-state index contributed by atoms with van der Waals surface area (Å²) in [7, 11) is 0. The molecular weight excluding hydrogens is 302 g/mol. The van der Waals surface area contributed by atoms with Crippen LogP contribution in [0.5, 0.6) is 0 Å². The summed E-state index contributed by atoms with van der Waals surface area (Å²) in [4.78, 5) is 14.7. The molecule has 1 amide bonds. The first kappa shape index (κ1) is 19.7. The van der Waals surface area contributed by atoms with Crippen molar-refractivity contribution >= 4 is 5.91 Å². The number of carbonyl (C=O) groups is 1. The lowest BCUT2D eigenvalue weighted by Crippen LogP contribution is -2.49. The molecule has 2 heterocycles. The van der Waals surface area contributed by atoms with Gasteiger partial charge >= 0.3 is 0 Å². The van der Waals surface area contributed by atoms with E-state index in [1.165, 1.54) is 0 Å². The number of aliphatic hydroxyl groups is 1. The Morgan fingerprint density at radius 2 is 1.92 bits per heavy atom. The summed E-state index contributed by atoms with van der Waals surface area (Å²) >= 11 is 0. The molecule has 140 valence electrons.